The number of nitrogens with one attached hydrogen (secondary N) is 2. The van der Waals surface area contributed by atoms with Gasteiger partial charge < -0.3 is 15.4 Å². The van der Waals surface area contributed by atoms with Crippen LogP contribution in [0.25, 0.3) is 0 Å². The smallest absolute Gasteiger partial charge is 0.255 e. The fraction of sp³-hybridized carbons (Fsp3) is 0.393. The summed E-state index contributed by atoms with van der Waals surface area (Å²) in [6.45, 7) is 13.1. The molecule has 1 unspecified atom stereocenters. The lowest BCUT2D eigenvalue weighted by Gasteiger charge is -2.29. The van der Waals surface area contributed by atoms with Crippen molar-refractivity contribution in [2.75, 3.05) is 23.0 Å². The number of thioether (sulfide) groups is 1. The van der Waals surface area contributed by atoms with E-state index in [1.165, 1.54) is 0 Å². The van der Waals surface area contributed by atoms with Crippen molar-refractivity contribution in [1.29, 1.82) is 0 Å². The molecule has 7 nitrogen and oxygen atoms in total. The van der Waals surface area contributed by atoms with E-state index in [2.05, 4.69) is 36.4 Å². The predicted molar refractivity (Wildman–Crippen MR) is 147 cm³/mol. The molecule has 2 aromatic carbocycles. The lowest BCUT2D eigenvalue weighted by Crippen LogP contribution is -2.31. The molecule has 0 fully saturated rings. The summed E-state index contributed by atoms with van der Waals surface area (Å²) in [6.07, 6.45) is 1.00. The van der Waals surface area contributed by atoms with E-state index in [0.29, 0.717) is 29.2 Å². The Morgan fingerprint density at radius 3 is 2.61 bits per heavy atom. The van der Waals surface area contributed by atoms with Gasteiger partial charge in [0.2, 0.25) is 11.1 Å². The summed E-state index contributed by atoms with van der Waals surface area (Å²) in [6, 6.07) is 13.5. The topological polar surface area (TPSA) is 81.1 Å². The van der Waals surface area contributed by atoms with E-state index >= 15 is 0 Å². The number of hydrogen-bond donors (Lipinski definition) is 2. The van der Waals surface area contributed by atoms with Gasteiger partial charge in [0.05, 0.1) is 12.2 Å². The Labute approximate surface area is 217 Å². The first kappa shape index (κ1) is 25.8. The van der Waals surface area contributed by atoms with Crippen LogP contribution in [0.4, 0.5) is 11.6 Å². The molecule has 0 radical (unpaired) electrons. The molecule has 3 aromatic rings. The van der Waals surface area contributed by atoms with Crippen LogP contribution in [0.1, 0.15) is 56.8 Å². The Morgan fingerprint density at radius 1 is 1.17 bits per heavy atom. The summed E-state index contributed by atoms with van der Waals surface area (Å²) in [5.74, 6) is 2.74. The molecule has 0 aliphatic carbocycles. The number of ether oxygens (including phenoxy) is 1. The van der Waals surface area contributed by atoms with Gasteiger partial charge in [-0.1, -0.05) is 56.8 Å². The van der Waals surface area contributed by atoms with Crippen molar-refractivity contribution in [3.63, 3.8) is 0 Å². The monoisotopic (exact) mass is 505 g/mol. The number of carbonyl (C=O) groups excluding carboxylic acids is 1. The van der Waals surface area contributed by atoms with Gasteiger partial charge in [-0.05, 0) is 73.8 Å². The molecule has 0 spiro atoms. The highest BCUT2D eigenvalue weighted by molar-refractivity contribution is 7.99. The average Bonchev–Trinajstić information content (AvgIpc) is 3.23. The Balaban J connectivity index is 1.69. The molecule has 2 heterocycles. The van der Waals surface area contributed by atoms with Crippen LogP contribution >= 0.6 is 11.8 Å². The van der Waals surface area contributed by atoms with Crippen molar-refractivity contribution in [3.05, 3.63) is 70.4 Å². The van der Waals surface area contributed by atoms with E-state index in [-0.39, 0.29) is 5.91 Å². The van der Waals surface area contributed by atoms with Crippen LogP contribution in [0.5, 0.6) is 5.75 Å². The Kier molecular flexibility index (Phi) is 8.04. The van der Waals surface area contributed by atoms with Crippen LogP contribution in [-0.4, -0.2) is 33.0 Å². The normalized spacial score (nSPS) is 15.0. The third-order valence-corrected chi connectivity index (χ3v) is 7.08. The summed E-state index contributed by atoms with van der Waals surface area (Å²) in [7, 11) is 0. The number of anilines is 2. The molecule has 0 saturated heterocycles. The zero-order valence-electron chi connectivity index (χ0n) is 21.9. The maximum atomic E-state index is 13.7. The van der Waals surface area contributed by atoms with Crippen molar-refractivity contribution in [2.24, 2.45) is 5.92 Å². The van der Waals surface area contributed by atoms with E-state index in [0.717, 1.165) is 46.0 Å². The molecule has 0 bridgehead atoms. The first-order valence-electron chi connectivity index (χ1n) is 12.5. The molecule has 1 amide bonds. The second-order valence-electron chi connectivity index (χ2n) is 9.46. The Morgan fingerprint density at radius 2 is 1.92 bits per heavy atom. The number of allylic oxidation sites excluding steroid dienone is 1. The van der Waals surface area contributed by atoms with Gasteiger partial charge in [-0.25, -0.2) is 4.68 Å². The lowest BCUT2D eigenvalue weighted by molar-refractivity contribution is -0.113. The van der Waals surface area contributed by atoms with E-state index in [9.17, 15) is 4.79 Å². The summed E-state index contributed by atoms with van der Waals surface area (Å²) in [5.41, 5.74) is 5.29. The highest BCUT2D eigenvalue weighted by atomic mass is 32.2. The molecule has 1 atom stereocenters. The second-order valence-corrected chi connectivity index (χ2v) is 10.7. The molecule has 4 rings (SSSR count). The maximum absolute atomic E-state index is 13.7. The van der Waals surface area contributed by atoms with Crippen LogP contribution in [0.15, 0.2) is 58.9 Å². The number of rotatable bonds is 9. The van der Waals surface area contributed by atoms with Crippen LogP contribution in [0, 0.1) is 19.8 Å². The summed E-state index contributed by atoms with van der Waals surface area (Å²) in [5, 5.41) is 11.9. The molecular weight excluding hydrogens is 470 g/mol. The summed E-state index contributed by atoms with van der Waals surface area (Å²) < 4.78 is 7.74. The number of aryl methyl sites for hydroxylation is 1. The molecular formula is C28H35N5O2S. The minimum atomic E-state index is -0.421. The van der Waals surface area contributed by atoms with Crippen molar-refractivity contribution >= 4 is 29.3 Å². The second kappa shape index (κ2) is 11.2. The first-order chi connectivity index (χ1) is 17.3. The van der Waals surface area contributed by atoms with Crippen LogP contribution < -0.4 is 15.4 Å². The van der Waals surface area contributed by atoms with Crippen molar-refractivity contribution in [3.8, 4) is 5.75 Å². The molecule has 1 aromatic heterocycles. The third kappa shape index (κ3) is 5.59. The number of fused-ring (bicyclic) bond motifs is 1. The number of aromatic nitrogens is 3. The molecule has 1 aliphatic heterocycles. The van der Waals surface area contributed by atoms with Crippen LogP contribution in [-0.2, 0) is 4.79 Å². The van der Waals surface area contributed by atoms with Crippen LogP contribution in [0.2, 0.25) is 0 Å². The van der Waals surface area contributed by atoms with E-state index < -0.39 is 6.04 Å². The number of hydrogen-bond acceptors (Lipinski definition) is 6. The van der Waals surface area contributed by atoms with Gasteiger partial charge in [-0.3, -0.25) is 4.79 Å². The minimum absolute atomic E-state index is 0.165. The van der Waals surface area contributed by atoms with Crippen molar-refractivity contribution in [2.45, 2.75) is 59.2 Å². The Bertz CT molecular complexity index is 1260. The maximum Gasteiger partial charge on any atom is 0.255 e. The van der Waals surface area contributed by atoms with Gasteiger partial charge >= 0.3 is 0 Å². The predicted octanol–water partition coefficient (Wildman–Crippen LogP) is 6.36. The van der Waals surface area contributed by atoms with Gasteiger partial charge in [-0.15, -0.1) is 5.10 Å². The fourth-order valence-electron chi connectivity index (χ4n) is 4.16. The Hall–Kier alpha value is -3.26. The van der Waals surface area contributed by atoms with Gasteiger partial charge in [0, 0.05) is 11.4 Å². The van der Waals surface area contributed by atoms with Gasteiger partial charge in [-0.2, -0.15) is 4.98 Å². The van der Waals surface area contributed by atoms with E-state index in [1.54, 1.807) is 11.8 Å². The third-order valence-electron chi connectivity index (χ3n) is 6.36. The molecule has 0 saturated carbocycles. The number of benzene rings is 2. The fourth-order valence-corrected chi connectivity index (χ4v) is 4.71. The van der Waals surface area contributed by atoms with Crippen molar-refractivity contribution < 1.29 is 9.53 Å². The van der Waals surface area contributed by atoms with Gasteiger partial charge in [0.15, 0.2) is 0 Å². The van der Waals surface area contributed by atoms with Gasteiger partial charge in [0.25, 0.3) is 5.91 Å². The summed E-state index contributed by atoms with van der Waals surface area (Å²) >= 11 is 1.57. The standard InChI is InChI=1S/C28H35N5O2S/c1-7-36-28-31-27-29-20(6)24(26(34)30-23-10-8-9-18(4)19(23)5)25(33(27)32-28)21-11-13-22(14-12-21)35-16-15-17(2)3/h8-14,17,25H,7,15-16H2,1-6H3,(H,30,34)(H,29,31,32). The summed E-state index contributed by atoms with van der Waals surface area (Å²) in [4.78, 5) is 18.4. The highest BCUT2D eigenvalue weighted by Crippen LogP contribution is 2.37. The first-order valence-corrected chi connectivity index (χ1v) is 13.4. The highest BCUT2D eigenvalue weighted by Gasteiger charge is 2.34. The number of carbonyl (C=O) groups is 1. The number of nitrogens with zero attached hydrogens (tertiary/aromatic N) is 3. The molecule has 2 N–H and O–H groups in total. The molecule has 1 aliphatic rings. The molecule has 36 heavy (non-hydrogen) atoms. The van der Waals surface area contributed by atoms with Crippen LogP contribution in [0.3, 0.4) is 0 Å². The average molecular weight is 506 g/mol. The van der Waals surface area contributed by atoms with Gasteiger partial charge in [0.1, 0.15) is 11.8 Å². The molecule has 190 valence electrons. The largest absolute Gasteiger partial charge is 0.494 e. The zero-order valence-corrected chi connectivity index (χ0v) is 22.7. The van der Waals surface area contributed by atoms with E-state index in [4.69, 9.17) is 9.84 Å². The SMILES string of the molecule is CCSc1nc2n(n1)C(c1ccc(OCCC(C)C)cc1)C(C(=O)Nc1cccc(C)c1C)=C(C)N2. The number of amides is 1. The zero-order chi connectivity index (χ0) is 25.8. The minimum Gasteiger partial charge on any atom is -0.494 e. The molecule has 8 heteroatoms. The van der Waals surface area contributed by atoms with Crippen molar-refractivity contribution in [1.82, 2.24) is 14.8 Å². The lowest BCUT2D eigenvalue weighted by atomic mass is 9.94. The quantitative estimate of drug-likeness (QED) is 0.329. The van der Waals surface area contributed by atoms with E-state index in [1.807, 2.05) is 67.9 Å².